The lowest BCUT2D eigenvalue weighted by Gasteiger charge is -2.31. The number of aromatic nitrogens is 3. The summed E-state index contributed by atoms with van der Waals surface area (Å²) in [5.74, 6) is 2.78. The molecule has 1 fully saturated rings. The minimum Gasteiger partial charge on any atom is -0.478 e. The van der Waals surface area contributed by atoms with E-state index in [1.54, 1.807) is 0 Å². The van der Waals surface area contributed by atoms with Crippen LogP contribution in [0.3, 0.4) is 0 Å². The molecule has 0 radical (unpaired) electrons. The summed E-state index contributed by atoms with van der Waals surface area (Å²) in [4.78, 5) is 12.3. The highest BCUT2D eigenvalue weighted by Crippen LogP contribution is 2.26. The number of hydrogen-bond donors (Lipinski definition) is 2. The first-order valence-corrected chi connectivity index (χ1v) is 6.48. The lowest BCUT2D eigenvalue weighted by molar-refractivity contribution is 0.297. The van der Waals surface area contributed by atoms with Crippen molar-refractivity contribution in [2.24, 2.45) is 5.92 Å². The van der Waals surface area contributed by atoms with E-state index in [4.69, 9.17) is 4.74 Å². The summed E-state index contributed by atoms with van der Waals surface area (Å²) in [5.41, 5.74) is 1.72. The molecule has 2 N–H and O–H groups in total. The van der Waals surface area contributed by atoms with Gasteiger partial charge in [0.25, 0.3) is 0 Å². The zero-order valence-corrected chi connectivity index (χ0v) is 10.7. The molecule has 5 nitrogen and oxygen atoms in total. The monoisotopic (exact) mass is 246 g/mol. The smallest absolute Gasteiger partial charge is 0.215 e. The number of rotatable bonds is 4. The van der Waals surface area contributed by atoms with Gasteiger partial charge in [-0.25, -0.2) is 4.98 Å². The van der Waals surface area contributed by atoms with Crippen molar-refractivity contribution in [1.82, 2.24) is 20.3 Å². The predicted octanol–water partition coefficient (Wildman–Crippen LogP) is 1.68. The van der Waals surface area contributed by atoms with Gasteiger partial charge in [-0.2, -0.15) is 4.98 Å². The Hall–Kier alpha value is -1.62. The summed E-state index contributed by atoms with van der Waals surface area (Å²) in [7, 11) is 0. The molecule has 0 aliphatic carbocycles. The summed E-state index contributed by atoms with van der Waals surface area (Å²) in [5, 5.41) is 3.29. The van der Waals surface area contributed by atoms with Crippen LogP contribution in [0.25, 0.3) is 11.2 Å². The van der Waals surface area contributed by atoms with E-state index in [0.717, 1.165) is 30.1 Å². The van der Waals surface area contributed by atoms with Crippen LogP contribution in [0.5, 0.6) is 5.88 Å². The van der Waals surface area contributed by atoms with E-state index in [9.17, 15) is 0 Å². The van der Waals surface area contributed by atoms with Crippen LogP contribution in [-0.2, 0) is 0 Å². The molecule has 1 atom stereocenters. The van der Waals surface area contributed by atoms with Gasteiger partial charge < -0.3 is 15.0 Å². The van der Waals surface area contributed by atoms with Crippen LogP contribution in [0, 0.1) is 5.92 Å². The second kappa shape index (κ2) is 4.57. The van der Waals surface area contributed by atoms with Crippen molar-refractivity contribution in [3.63, 3.8) is 0 Å². The summed E-state index contributed by atoms with van der Waals surface area (Å²) >= 11 is 0. The number of imidazole rings is 1. The van der Waals surface area contributed by atoms with Crippen molar-refractivity contribution in [3.8, 4) is 5.88 Å². The Morgan fingerprint density at radius 1 is 1.39 bits per heavy atom. The molecule has 3 rings (SSSR count). The molecule has 2 aromatic rings. The molecule has 2 aromatic heterocycles. The van der Waals surface area contributed by atoms with Crippen LogP contribution in [0.15, 0.2) is 12.1 Å². The van der Waals surface area contributed by atoms with Crippen LogP contribution < -0.4 is 10.1 Å². The van der Waals surface area contributed by atoms with Gasteiger partial charge in [-0.3, -0.25) is 0 Å². The highest BCUT2D eigenvalue weighted by molar-refractivity contribution is 5.71. The fourth-order valence-corrected chi connectivity index (χ4v) is 2.23. The number of nitrogens with zero attached hydrogens (tertiary/aromatic N) is 2. The van der Waals surface area contributed by atoms with Gasteiger partial charge in [-0.15, -0.1) is 0 Å². The van der Waals surface area contributed by atoms with Crippen LogP contribution in [0.2, 0.25) is 0 Å². The fourth-order valence-electron chi connectivity index (χ4n) is 2.23. The largest absolute Gasteiger partial charge is 0.478 e. The Kier molecular flexibility index (Phi) is 2.91. The van der Waals surface area contributed by atoms with Crippen molar-refractivity contribution in [1.29, 1.82) is 0 Å². The van der Waals surface area contributed by atoms with Crippen molar-refractivity contribution >= 4 is 11.2 Å². The van der Waals surface area contributed by atoms with Crippen molar-refractivity contribution in [2.75, 3.05) is 19.7 Å². The fraction of sp³-hybridized carbons (Fsp3) is 0.538. The second-order valence-corrected chi connectivity index (χ2v) is 4.78. The molecular weight excluding hydrogens is 228 g/mol. The molecule has 18 heavy (non-hydrogen) atoms. The molecule has 1 unspecified atom stereocenters. The normalized spacial score (nSPS) is 17.7. The summed E-state index contributed by atoms with van der Waals surface area (Å²) in [6.45, 7) is 6.95. The first-order valence-electron chi connectivity index (χ1n) is 6.48. The maximum Gasteiger partial charge on any atom is 0.215 e. The average Bonchev–Trinajstić information content (AvgIpc) is 2.70. The zero-order chi connectivity index (χ0) is 12.5. The number of aromatic amines is 1. The van der Waals surface area contributed by atoms with Crippen LogP contribution in [0.4, 0.5) is 0 Å². The van der Waals surface area contributed by atoms with Gasteiger partial charge in [0.15, 0.2) is 5.65 Å². The van der Waals surface area contributed by atoms with E-state index in [1.807, 2.05) is 19.1 Å². The molecule has 3 heterocycles. The standard InChI is InChI=1S/C13H18N4O/c1-3-18-11-5-4-10-13(16-11)17-12(15-10)8(2)9-6-14-7-9/h4-5,8-9,14H,3,6-7H2,1-2H3,(H,15,16,17). The number of H-pyrrole nitrogens is 1. The van der Waals surface area contributed by atoms with E-state index < -0.39 is 0 Å². The maximum absolute atomic E-state index is 5.39. The number of hydrogen-bond acceptors (Lipinski definition) is 4. The molecule has 0 amide bonds. The van der Waals surface area contributed by atoms with Gasteiger partial charge in [-0.05, 0) is 32.0 Å². The zero-order valence-electron chi connectivity index (χ0n) is 10.7. The molecule has 1 saturated heterocycles. The molecule has 5 heteroatoms. The lowest BCUT2D eigenvalue weighted by Crippen LogP contribution is -2.44. The van der Waals surface area contributed by atoms with Gasteiger partial charge in [-0.1, -0.05) is 6.92 Å². The van der Waals surface area contributed by atoms with Crippen LogP contribution in [0.1, 0.15) is 25.6 Å². The van der Waals surface area contributed by atoms with E-state index in [0.29, 0.717) is 24.3 Å². The molecule has 0 bridgehead atoms. The molecule has 1 aliphatic rings. The summed E-state index contributed by atoms with van der Waals surface area (Å²) in [6, 6.07) is 3.86. The molecule has 1 aliphatic heterocycles. The summed E-state index contributed by atoms with van der Waals surface area (Å²) in [6.07, 6.45) is 0. The van der Waals surface area contributed by atoms with Gasteiger partial charge in [0.1, 0.15) is 5.82 Å². The number of ether oxygens (including phenoxy) is 1. The third kappa shape index (κ3) is 1.95. The number of fused-ring (bicyclic) bond motifs is 1. The molecule has 0 spiro atoms. The SMILES string of the molecule is CCOc1ccc2[nH]c(C(C)C3CNC3)nc2n1. The van der Waals surface area contributed by atoms with Crippen LogP contribution >= 0.6 is 0 Å². The maximum atomic E-state index is 5.39. The predicted molar refractivity (Wildman–Crippen MR) is 69.8 cm³/mol. The molecule has 96 valence electrons. The van der Waals surface area contributed by atoms with E-state index in [1.165, 1.54) is 0 Å². The third-order valence-corrected chi connectivity index (χ3v) is 3.58. The van der Waals surface area contributed by atoms with E-state index >= 15 is 0 Å². The molecule has 0 aromatic carbocycles. The molecule has 0 saturated carbocycles. The number of nitrogens with one attached hydrogen (secondary N) is 2. The Labute approximate surface area is 106 Å². The third-order valence-electron chi connectivity index (χ3n) is 3.58. The highest BCUT2D eigenvalue weighted by atomic mass is 16.5. The quantitative estimate of drug-likeness (QED) is 0.861. The Morgan fingerprint density at radius 3 is 2.89 bits per heavy atom. The van der Waals surface area contributed by atoms with Crippen LogP contribution in [-0.4, -0.2) is 34.6 Å². The van der Waals surface area contributed by atoms with E-state index in [-0.39, 0.29) is 0 Å². The van der Waals surface area contributed by atoms with Crippen molar-refractivity contribution in [3.05, 3.63) is 18.0 Å². The topological polar surface area (TPSA) is 62.8 Å². The van der Waals surface area contributed by atoms with Gasteiger partial charge in [0.05, 0.1) is 12.1 Å². The summed E-state index contributed by atoms with van der Waals surface area (Å²) < 4.78 is 5.39. The van der Waals surface area contributed by atoms with Crippen molar-refractivity contribution < 1.29 is 4.74 Å². The highest BCUT2D eigenvalue weighted by Gasteiger charge is 2.26. The Balaban J connectivity index is 1.89. The minimum atomic E-state index is 0.441. The Morgan fingerprint density at radius 2 is 2.22 bits per heavy atom. The van der Waals surface area contributed by atoms with Gasteiger partial charge >= 0.3 is 0 Å². The van der Waals surface area contributed by atoms with Crippen molar-refractivity contribution in [2.45, 2.75) is 19.8 Å². The first-order chi connectivity index (χ1) is 8.78. The van der Waals surface area contributed by atoms with Gasteiger partial charge in [0.2, 0.25) is 5.88 Å². The average molecular weight is 246 g/mol. The Bertz CT molecular complexity index is 547. The molecular formula is C13H18N4O. The van der Waals surface area contributed by atoms with Gasteiger partial charge in [0, 0.05) is 12.0 Å². The lowest BCUT2D eigenvalue weighted by atomic mass is 9.88. The first kappa shape index (κ1) is 11.5. The second-order valence-electron chi connectivity index (χ2n) is 4.78. The minimum absolute atomic E-state index is 0.441. The van der Waals surface area contributed by atoms with E-state index in [2.05, 4.69) is 27.2 Å². The number of pyridine rings is 1.